The lowest BCUT2D eigenvalue weighted by atomic mass is 9.84. The maximum atomic E-state index is 12.6. The molecule has 2 amide bonds. The number of nitrogens with zero attached hydrogens (tertiary/aromatic N) is 1. The Hall–Kier alpha value is -2.95. The van der Waals surface area contributed by atoms with Crippen LogP contribution in [-0.4, -0.2) is 17.5 Å². The van der Waals surface area contributed by atoms with Crippen molar-refractivity contribution in [2.24, 2.45) is 11.0 Å². The minimum atomic E-state index is -0.108. The van der Waals surface area contributed by atoms with Crippen LogP contribution in [0.1, 0.15) is 72.9 Å². The molecule has 29 heavy (non-hydrogen) atoms. The Morgan fingerprint density at radius 3 is 2.34 bits per heavy atom. The molecule has 1 aliphatic carbocycles. The summed E-state index contributed by atoms with van der Waals surface area (Å²) in [5, 5.41) is 7.13. The summed E-state index contributed by atoms with van der Waals surface area (Å²) in [5.41, 5.74) is 7.10. The number of amides is 2. The number of hydrogen-bond donors (Lipinski definition) is 2. The van der Waals surface area contributed by atoms with Gasteiger partial charge in [-0.05, 0) is 54.2 Å². The van der Waals surface area contributed by atoms with Gasteiger partial charge in [0.15, 0.2) is 0 Å². The first kappa shape index (κ1) is 19.4. The molecule has 150 valence electrons. The van der Waals surface area contributed by atoms with E-state index in [0.717, 1.165) is 17.0 Å². The quantitative estimate of drug-likeness (QED) is 0.785. The molecule has 1 aliphatic heterocycles. The third-order valence-corrected chi connectivity index (χ3v) is 5.95. The maximum Gasteiger partial charge on any atom is 0.255 e. The van der Waals surface area contributed by atoms with Crippen LogP contribution in [0, 0.1) is 5.92 Å². The van der Waals surface area contributed by atoms with Crippen molar-refractivity contribution in [1.29, 1.82) is 0 Å². The van der Waals surface area contributed by atoms with Crippen molar-refractivity contribution in [1.82, 2.24) is 5.43 Å². The zero-order valence-electron chi connectivity index (χ0n) is 16.8. The van der Waals surface area contributed by atoms with Gasteiger partial charge in [-0.25, -0.2) is 5.43 Å². The van der Waals surface area contributed by atoms with Crippen LogP contribution in [0.4, 0.5) is 5.69 Å². The topological polar surface area (TPSA) is 70.6 Å². The molecule has 0 spiro atoms. The summed E-state index contributed by atoms with van der Waals surface area (Å²) >= 11 is 0. The van der Waals surface area contributed by atoms with Crippen molar-refractivity contribution in [2.45, 2.75) is 51.4 Å². The first-order valence-corrected chi connectivity index (χ1v) is 10.5. The lowest BCUT2D eigenvalue weighted by Crippen LogP contribution is -2.31. The standard InChI is InChI=1S/C24H27N3O2/c1-16-15-22(28)26-27-23(16)19-11-13-21(14-12-19)25-24(29)20-9-7-18(8-10-20)17-5-3-2-4-6-17/h7-14,16-17H,2-6,15H2,1H3,(H,25,29)(H,26,28). The second-order valence-corrected chi connectivity index (χ2v) is 8.13. The summed E-state index contributed by atoms with van der Waals surface area (Å²) in [6.07, 6.45) is 6.91. The molecule has 2 aliphatic rings. The molecule has 4 rings (SSSR count). The molecule has 5 nitrogen and oxygen atoms in total. The van der Waals surface area contributed by atoms with E-state index >= 15 is 0 Å². The number of nitrogens with one attached hydrogen (secondary N) is 2. The first-order chi connectivity index (χ1) is 14.1. The molecule has 0 aromatic heterocycles. The van der Waals surface area contributed by atoms with E-state index in [1.165, 1.54) is 37.7 Å². The van der Waals surface area contributed by atoms with Crippen molar-refractivity contribution in [3.8, 4) is 0 Å². The predicted molar refractivity (Wildman–Crippen MR) is 115 cm³/mol. The number of hydrazone groups is 1. The fourth-order valence-electron chi connectivity index (χ4n) is 4.27. The Morgan fingerprint density at radius 2 is 1.69 bits per heavy atom. The summed E-state index contributed by atoms with van der Waals surface area (Å²) < 4.78 is 0. The van der Waals surface area contributed by atoms with E-state index in [9.17, 15) is 9.59 Å². The molecule has 1 heterocycles. The average molecular weight is 389 g/mol. The zero-order chi connectivity index (χ0) is 20.2. The monoisotopic (exact) mass is 389 g/mol. The third-order valence-electron chi connectivity index (χ3n) is 5.95. The van der Waals surface area contributed by atoms with Crippen molar-refractivity contribution >= 4 is 23.2 Å². The van der Waals surface area contributed by atoms with Gasteiger partial charge in [-0.3, -0.25) is 9.59 Å². The van der Waals surface area contributed by atoms with Crippen LogP contribution in [0.15, 0.2) is 53.6 Å². The minimum Gasteiger partial charge on any atom is -0.322 e. The minimum absolute atomic E-state index is 0.0559. The van der Waals surface area contributed by atoms with Gasteiger partial charge in [0, 0.05) is 23.6 Å². The van der Waals surface area contributed by atoms with E-state index in [1.54, 1.807) is 0 Å². The molecular weight excluding hydrogens is 362 g/mol. The molecule has 0 bridgehead atoms. The smallest absolute Gasteiger partial charge is 0.255 e. The number of carbonyl (C=O) groups excluding carboxylic acids is 2. The molecule has 2 N–H and O–H groups in total. The SMILES string of the molecule is CC1CC(=O)NN=C1c1ccc(NC(=O)c2ccc(C3CCCCC3)cc2)cc1. The van der Waals surface area contributed by atoms with Gasteiger partial charge in [-0.2, -0.15) is 5.10 Å². The zero-order valence-corrected chi connectivity index (χ0v) is 16.8. The summed E-state index contributed by atoms with van der Waals surface area (Å²) in [6, 6.07) is 15.6. The number of benzene rings is 2. The van der Waals surface area contributed by atoms with E-state index < -0.39 is 0 Å². The summed E-state index contributed by atoms with van der Waals surface area (Å²) in [4.78, 5) is 24.0. The van der Waals surface area contributed by atoms with Gasteiger partial charge >= 0.3 is 0 Å². The molecule has 0 radical (unpaired) electrons. The van der Waals surface area contributed by atoms with Crippen LogP contribution >= 0.6 is 0 Å². The second kappa shape index (κ2) is 8.60. The van der Waals surface area contributed by atoms with E-state index in [1.807, 2.05) is 43.3 Å². The highest BCUT2D eigenvalue weighted by molar-refractivity contribution is 6.07. The van der Waals surface area contributed by atoms with Crippen LogP contribution in [0.3, 0.4) is 0 Å². The molecule has 1 saturated carbocycles. The van der Waals surface area contributed by atoms with Crippen molar-refractivity contribution in [3.63, 3.8) is 0 Å². The summed E-state index contributed by atoms with van der Waals surface area (Å²) in [5.74, 6) is 0.554. The Morgan fingerprint density at radius 1 is 1.00 bits per heavy atom. The maximum absolute atomic E-state index is 12.6. The molecule has 2 aromatic rings. The molecule has 1 fully saturated rings. The highest BCUT2D eigenvalue weighted by Crippen LogP contribution is 2.32. The molecule has 1 unspecified atom stereocenters. The van der Waals surface area contributed by atoms with E-state index in [0.29, 0.717) is 17.9 Å². The number of rotatable bonds is 4. The fraction of sp³-hybridized carbons (Fsp3) is 0.375. The number of anilines is 1. The lowest BCUT2D eigenvalue weighted by molar-refractivity contribution is -0.121. The average Bonchev–Trinajstić information content (AvgIpc) is 2.75. The highest BCUT2D eigenvalue weighted by Gasteiger charge is 2.21. The Labute approximate surface area is 171 Å². The predicted octanol–water partition coefficient (Wildman–Crippen LogP) is 4.85. The van der Waals surface area contributed by atoms with Crippen LogP contribution in [0.2, 0.25) is 0 Å². The normalized spacial score (nSPS) is 20.0. The molecular formula is C24H27N3O2. The highest BCUT2D eigenvalue weighted by atomic mass is 16.2. The van der Waals surface area contributed by atoms with Crippen molar-refractivity contribution in [2.75, 3.05) is 5.32 Å². The van der Waals surface area contributed by atoms with E-state index in [4.69, 9.17) is 0 Å². The van der Waals surface area contributed by atoms with Gasteiger partial charge in [-0.1, -0.05) is 50.5 Å². The molecule has 1 atom stereocenters. The van der Waals surface area contributed by atoms with Crippen LogP contribution in [0.5, 0.6) is 0 Å². The Bertz CT molecular complexity index is 910. The lowest BCUT2D eigenvalue weighted by Gasteiger charge is -2.22. The largest absolute Gasteiger partial charge is 0.322 e. The van der Waals surface area contributed by atoms with Gasteiger partial charge in [0.05, 0.1) is 5.71 Å². The van der Waals surface area contributed by atoms with Crippen LogP contribution < -0.4 is 10.7 Å². The van der Waals surface area contributed by atoms with E-state index in [-0.39, 0.29) is 17.7 Å². The molecule has 0 saturated heterocycles. The third kappa shape index (κ3) is 4.56. The molecule has 5 heteroatoms. The fourth-order valence-corrected chi connectivity index (χ4v) is 4.27. The van der Waals surface area contributed by atoms with Crippen molar-refractivity contribution in [3.05, 3.63) is 65.2 Å². The Balaban J connectivity index is 1.40. The second-order valence-electron chi connectivity index (χ2n) is 8.13. The van der Waals surface area contributed by atoms with Crippen LogP contribution in [0.25, 0.3) is 0 Å². The molecule has 2 aromatic carbocycles. The van der Waals surface area contributed by atoms with Gasteiger partial charge in [-0.15, -0.1) is 0 Å². The van der Waals surface area contributed by atoms with Gasteiger partial charge < -0.3 is 5.32 Å². The van der Waals surface area contributed by atoms with Gasteiger partial charge in [0.2, 0.25) is 5.91 Å². The first-order valence-electron chi connectivity index (χ1n) is 10.5. The van der Waals surface area contributed by atoms with Crippen LogP contribution in [-0.2, 0) is 4.79 Å². The van der Waals surface area contributed by atoms with Gasteiger partial charge in [0.25, 0.3) is 5.91 Å². The van der Waals surface area contributed by atoms with E-state index in [2.05, 4.69) is 28.0 Å². The summed E-state index contributed by atoms with van der Waals surface area (Å²) in [7, 11) is 0. The summed E-state index contributed by atoms with van der Waals surface area (Å²) in [6.45, 7) is 1.99. The number of hydrogen-bond acceptors (Lipinski definition) is 3. The number of carbonyl (C=O) groups is 2. The van der Waals surface area contributed by atoms with Crippen molar-refractivity contribution < 1.29 is 9.59 Å². The Kier molecular flexibility index (Phi) is 5.74. The van der Waals surface area contributed by atoms with Gasteiger partial charge in [0.1, 0.15) is 0 Å².